The van der Waals surface area contributed by atoms with Crippen molar-refractivity contribution >= 4 is 12.1 Å². The molecule has 2 atom stereocenters. The van der Waals surface area contributed by atoms with Crippen LogP contribution in [0.4, 0.5) is 0 Å². The molecule has 5 nitrogen and oxygen atoms in total. The zero-order valence-corrected chi connectivity index (χ0v) is 17.1. The van der Waals surface area contributed by atoms with Crippen molar-refractivity contribution in [2.24, 2.45) is 5.92 Å². The molecule has 0 amide bonds. The maximum absolute atomic E-state index is 13.4. The molecule has 1 heterocycles. The van der Waals surface area contributed by atoms with Crippen LogP contribution < -0.4 is 14.2 Å². The fourth-order valence-electron chi connectivity index (χ4n) is 4.85. The first-order chi connectivity index (χ1) is 14.0. The van der Waals surface area contributed by atoms with Gasteiger partial charge in [0.2, 0.25) is 5.78 Å². The van der Waals surface area contributed by atoms with E-state index >= 15 is 0 Å². The second-order valence-electron chi connectivity index (χ2n) is 8.04. The fraction of sp³-hybridized carbons (Fsp3) is 0.417. The van der Waals surface area contributed by atoms with Gasteiger partial charge >= 0.3 is 0 Å². The Labute approximate surface area is 171 Å². The summed E-state index contributed by atoms with van der Waals surface area (Å²) in [6.07, 6.45) is 5.72. The lowest BCUT2D eigenvalue weighted by Crippen LogP contribution is -2.47. The molecule has 0 radical (unpaired) electrons. The monoisotopic (exact) mass is 394 g/mol. The first-order valence-electron chi connectivity index (χ1n) is 10.1. The van der Waals surface area contributed by atoms with Crippen LogP contribution in [0.5, 0.6) is 17.2 Å². The van der Waals surface area contributed by atoms with E-state index in [1.165, 1.54) is 7.11 Å². The van der Waals surface area contributed by atoms with Gasteiger partial charge in [-0.15, -0.1) is 0 Å². The van der Waals surface area contributed by atoms with Crippen LogP contribution in [-0.2, 0) is 6.42 Å². The van der Waals surface area contributed by atoms with Crippen LogP contribution in [-0.4, -0.2) is 31.9 Å². The van der Waals surface area contributed by atoms with Gasteiger partial charge in [-0.1, -0.05) is 36.8 Å². The number of carbonyl (C=O) groups excluding carboxylic acids is 2. The highest BCUT2D eigenvalue weighted by Gasteiger charge is 2.45. The van der Waals surface area contributed by atoms with Crippen LogP contribution >= 0.6 is 0 Å². The van der Waals surface area contributed by atoms with Crippen LogP contribution in [0.1, 0.15) is 64.4 Å². The minimum Gasteiger partial charge on any atom is -0.495 e. The lowest BCUT2D eigenvalue weighted by atomic mass is 9.71. The van der Waals surface area contributed by atoms with E-state index in [-0.39, 0.29) is 28.3 Å². The third-order valence-electron chi connectivity index (χ3n) is 6.41. The van der Waals surface area contributed by atoms with E-state index in [0.29, 0.717) is 23.0 Å². The maximum atomic E-state index is 13.4. The smallest absolute Gasteiger partial charge is 0.200 e. The van der Waals surface area contributed by atoms with E-state index in [1.54, 1.807) is 19.2 Å². The second kappa shape index (κ2) is 7.54. The van der Waals surface area contributed by atoms with Gasteiger partial charge in [0.25, 0.3) is 0 Å². The van der Waals surface area contributed by atoms with E-state index in [9.17, 15) is 9.59 Å². The molecular formula is C24H26O5. The zero-order valence-electron chi connectivity index (χ0n) is 17.1. The molecule has 2 aromatic carbocycles. The van der Waals surface area contributed by atoms with Gasteiger partial charge in [0.05, 0.1) is 19.8 Å². The summed E-state index contributed by atoms with van der Waals surface area (Å²) in [4.78, 5) is 25.5. The summed E-state index contributed by atoms with van der Waals surface area (Å²) < 4.78 is 17.8. The van der Waals surface area contributed by atoms with Crippen molar-refractivity contribution in [3.8, 4) is 17.2 Å². The average molecular weight is 394 g/mol. The Balaban J connectivity index is 1.96. The van der Waals surface area contributed by atoms with Crippen molar-refractivity contribution in [1.82, 2.24) is 0 Å². The zero-order chi connectivity index (χ0) is 20.6. The number of hydrogen-bond donors (Lipinski definition) is 0. The fourth-order valence-corrected chi connectivity index (χ4v) is 4.85. The molecule has 1 fully saturated rings. The van der Waals surface area contributed by atoms with Gasteiger partial charge < -0.3 is 14.2 Å². The maximum Gasteiger partial charge on any atom is 0.200 e. The summed E-state index contributed by atoms with van der Waals surface area (Å²) in [5, 5.41) is 0. The molecular weight excluding hydrogens is 368 g/mol. The summed E-state index contributed by atoms with van der Waals surface area (Å²) in [7, 11) is 3.01. The van der Waals surface area contributed by atoms with E-state index < -0.39 is 0 Å². The molecule has 4 rings (SSSR count). The lowest BCUT2D eigenvalue weighted by molar-refractivity contribution is -0.0227. The molecule has 1 aliphatic heterocycles. The highest BCUT2D eigenvalue weighted by molar-refractivity contribution is 6.14. The van der Waals surface area contributed by atoms with Crippen molar-refractivity contribution in [2.45, 2.75) is 44.6 Å². The Morgan fingerprint density at radius 3 is 2.52 bits per heavy atom. The van der Waals surface area contributed by atoms with Gasteiger partial charge in [-0.05, 0) is 32.6 Å². The van der Waals surface area contributed by atoms with E-state index in [1.807, 2.05) is 18.2 Å². The Hall–Kier alpha value is -2.82. The largest absolute Gasteiger partial charge is 0.495 e. The molecule has 0 saturated heterocycles. The van der Waals surface area contributed by atoms with Crippen LogP contribution in [0.15, 0.2) is 30.3 Å². The number of rotatable bonds is 5. The van der Waals surface area contributed by atoms with Crippen molar-refractivity contribution < 1.29 is 23.8 Å². The Kier molecular flexibility index (Phi) is 5.07. The van der Waals surface area contributed by atoms with E-state index in [0.717, 1.165) is 44.0 Å². The molecule has 5 heteroatoms. The first kappa shape index (κ1) is 19.5. The Morgan fingerprint density at radius 2 is 1.86 bits per heavy atom. The molecule has 0 bridgehead atoms. The van der Waals surface area contributed by atoms with Crippen LogP contribution in [0.2, 0.25) is 0 Å². The standard InChI is InChI=1S/C24H26O5/c1-24-12-8-7-11-16(24)13-17-21(29-24)18(14-25)23(28-3)19(22(17)27-2)20(26)15-9-5-4-6-10-15/h4-6,9-10,14,16H,7-8,11-13H2,1-3H3. The van der Waals surface area contributed by atoms with Crippen molar-refractivity contribution in [3.63, 3.8) is 0 Å². The molecule has 29 heavy (non-hydrogen) atoms. The predicted molar refractivity (Wildman–Crippen MR) is 110 cm³/mol. The SMILES string of the molecule is COc1c(C=O)c2c(c(OC)c1C(=O)c1ccccc1)CC1CCCCC1(C)O2. The summed E-state index contributed by atoms with van der Waals surface area (Å²) >= 11 is 0. The number of ether oxygens (including phenoxy) is 3. The minimum atomic E-state index is -0.315. The third-order valence-corrected chi connectivity index (χ3v) is 6.41. The second-order valence-corrected chi connectivity index (χ2v) is 8.04. The molecule has 0 N–H and O–H groups in total. The van der Waals surface area contributed by atoms with Gasteiger partial charge in [-0.2, -0.15) is 0 Å². The van der Waals surface area contributed by atoms with Gasteiger partial charge in [-0.25, -0.2) is 0 Å². The Bertz CT molecular complexity index is 950. The normalized spacial score (nSPS) is 22.7. The summed E-state index contributed by atoms with van der Waals surface area (Å²) in [5.41, 5.74) is 1.56. The molecule has 2 aromatic rings. The predicted octanol–water partition coefficient (Wildman–Crippen LogP) is 4.63. The number of aldehydes is 1. The lowest BCUT2D eigenvalue weighted by Gasteiger charge is -2.46. The molecule has 2 aliphatic rings. The summed E-state index contributed by atoms with van der Waals surface area (Å²) in [6.45, 7) is 2.12. The minimum absolute atomic E-state index is 0.210. The van der Waals surface area contributed by atoms with Gasteiger partial charge in [0, 0.05) is 17.0 Å². The topological polar surface area (TPSA) is 61.8 Å². The van der Waals surface area contributed by atoms with E-state index in [2.05, 4.69) is 6.92 Å². The van der Waals surface area contributed by atoms with Gasteiger partial charge in [-0.3, -0.25) is 9.59 Å². The van der Waals surface area contributed by atoms with Crippen molar-refractivity contribution in [3.05, 3.63) is 52.6 Å². The number of carbonyl (C=O) groups is 2. The summed E-state index contributed by atoms with van der Waals surface area (Å²) in [5.74, 6) is 1.25. The first-order valence-corrected chi connectivity index (χ1v) is 10.1. The molecule has 2 unspecified atom stereocenters. The number of methoxy groups -OCH3 is 2. The van der Waals surface area contributed by atoms with Gasteiger partial charge in [0.15, 0.2) is 6.29 Å². The van der Waals surface area contributed by atoms with Crippen molar-refractivity contribution in [2.75, 3.05) is 14.2 Å². The number of benzene rings is 2. The quantitative estimate of drug-likeness (QED) is 0.546. The summed E-state index contributed by atoms with van der Waals surface area (Å²) in [6, 6.07) is 8.96. The third kappa shape index (κ3) is 3.09. The van der Waals surface area contributed by atoms with Crippen molar-refractivity contribution in [1.29, 1.82) is 0 Å². The van der Waals surface area contributed by atoms with Crippen LogP contribution in [0.25, 0.3) is 0 Å². The highest BCUT2D eigenvalue weighted by atomic mass is 16.5. The molecule has 1 saturated carbocycles. The van der Waals surface area contributed by atoms with E-state index in [4.69, 9.17) is 14.2 Å². The number of hydrogen-bond acceptors (Lipinski definition) is 5. The highest BCUT2D eigenvalue weighted by Crippen LogP contribution is 2.52. The van der Waals surface area contributed by atoms with Crippen LogP contribution in [0, 0.1) is 5.92 Å². The average Bonchev–Trinajstić information content (AvgIpc) is 2.75. The molecule has 152 valence electrons. The molecule has 0 aromatic heterocycles. The van der Waals surface area contributed by atoms with Gasteiger partial charge in [0.1, 0.15) is 28.4 Å². The van der Waals surface area contributed by atoms with Crippen LogP contribution in [0.3, 0.4) is 0 Å². The molecule has 0 spiro atoms. The Morgan fingerprint density at radius 1 is 1.14 bits per heavy atom. The molecule has 1 aliphatic carbocycles. The number of ketones is 1. The number of fused-ring (bicyclic) bond motifs is 2.